The van der Waals surface area contributed by atoms with Crippen molar-refractivity contribution in [3.05, 3.63) is 37.9 Å². The number of carbonyl (C=O) groups excluding carboxylic acids is 1. The number of halogens is 1. The van der Waals surface area contributed by atoms with Gasteiger partial charge in [-0.1, -0.05) is 11.6 Å². The second-order valence-electron chi connectivity index (χ2n) is 6.27. The van der Waals surface area contributed by atoms with Crippen molar-refractivity contribution in [1.82, 2.24) is 14.8 Å². The van der Waals surface area contributed by atoms with Crippen molar-refractivity contribution in [2.24, 2.45) is 5.92 Å². The molecule has 0 aromatic carbocycles. The van der Waals surface area contributed by atoms with Crippen molar-refractivity contribution < 1.29 is 4.79 Å². The van der Waals surface area contributed by atoms with Crippen LogP contribution in [-0.2, 0) is 17.9 Å². The molecule has 2 aromatic rings. The summed E-state index contributed by atoms with van der Waals surface area (Å²) in [5.74, 6) is 0.434. The highest BCUT2D eigenvalue weighted by Gasteiger charge is 2.40. The molecule has 3 aliphatic rings. The summed E-state index contributed by atoms with van der Waals surface area (Å²) < 4.78 is 0.832. The Kier molecular flexibility index (Phi) is 4.41. The van der Waals surface area contributed by atoms with Crippen LogP contribution in [0.2, 0.25) is 4.34 Å². The van der Waals surface area contributed by atoms with E-state index < -0.39 is 0 Å². The lowest BCUT2D eigenvalue weighted by atomic mass is 9.94. The Morgan fingerprint density at radius 2 is 2.17 bits per heavy atom. The molecule has 3 aliphatic heterocycles. The van der Waals surface area contributed by atoms with Crippen LogP contribution in [0.1, 0.15) is 23.4 Å². The van der Waals surface area contributed by atoms with Crippen LogP contribution in [0.4, 0.5) is 0 Å². The summed E-state index contributed by atoms with van der Waals surface area (Å²) in [6, 6.07) is 4.35. The largest absolute Gasteiger partial charge is 0.332 e. The maximum Gasteiger partial charge on any atom is 0.227 e. The molecule has 122 valence electrons. The zero-order valence-corrected chi connectivity index (χ0v) is 15.0. The summed E-state index contributed by atoms with van der Waals surface area (Å²) in [5, 5.41) is 2.04. The van der Waals surface area contributed by atoms with Crippen molar-refractivity contribution in [2.75, 3.05) is 13.1 Å². The quantitative estimate of drug-likeness (QED) is 0.830. The number of piperidine rings is 1. The van der Waals surface area contributed by atoms with Gasteiger partial charge in [0.05, 0.1) is 28.0 Å². The molecule has 3 saturated heterocycles. The molecule has 7 heteroatoms. The number of carbonyl (C=O) groups is 1. The third-order valence-corrected chi connectivity index (χ3v) is 6.54. The molecule has 1 amide bonds. The lowest BCUT2D eigenvalue weighted by Gasteiger charge is -2.35. The molecule has 2 bridgehead atoms. The van der Waals surface area contributed by atoms with Crippen molar-refractivity contribution in [1.29, 1.82) is 0 Å². The van der Waals surface area contributed by atoms with Crippen LogP contribution in [0.3, 0.4) is 0 Å². The zero-order chi connectivity index (χ0) is 15.8. The molecule has 4 nitrogen and oxygen atoms in total. The Balaban J connectivity index is 1.50. The summed E-state index contributed by atoms with van der Waals surface area (Å²) >= 11 is 9.26. The van der Waals surface area contributed by atoms with Gasteiger partial charge >= 0.3 is 0 Å². The van der Waals surface area contributed by atoms with E-state index in [0.29, 0.717) is 18.5 Å². The highest BCUT2D eigenvalue weighted by atomic mass is 35.5. The zero-order valence-electron chi connectivity index (χ0n) is 12.7. The minimum absolute atomic E-state index is 0.128. The van der Waals surface area contributed by atoms with E-state index in [4.69, 9.17) is 11.6 Å². The molecule has 0 N–H and O–H groups in total. The Hall–Kier alpha value is -0.950. The number of fused-ring (bicyclic) bond motifs is 4. The lowest BCUT2D eigenvalue weighted by Crippen LogP contribution is -2.47. The van der Waals surface area contributed by atoms with Crippen LogP contribution in [0, 0.1) is 5.92 Å². The standard InChI is InChI=1S/C16H18ClN3OS2/c17-15-4-3-14(23-15)8-19-5-11-1-2-13(7-19)20(16(11)21)6-12-9-22-10-18-12/h3-4,9-11,13H,1-2,5-8H2/t11-,13+/m0/s1. The van der Waals surface area contributed by atoms with E-state index >= 15 is 0 Å². The van der Waals surface area contributed by atoms with E-state index in [0.717, 1.165) is 42.5 Å². The third-order valence-electron chi connectivity index (χ3n) is 4.69. The number of aromatic nitrogens is 1. The second kappa shape index (κ2) is 6.51. The van der Waals surface area contributed by atoms with Gasteiger partial charge in [0, 0.05) is 35.9 Å². The fraction of sp³-hybridized carbons (Fsp3) is 0.500. The Labute approximate surface area is 148 Å². The SMILES string of the molecule is O=C1[C@H]2CC[C@H](CN(Cc3ccc(Cl)s3)C2)N1Cc1cscn1. The minimum Gasteiger partial charge on any atom is -0.332 e. The van der Waals surface area contributed by atoms with E-state index in [2.05, 4.69) is 20.9 Å². The van der Waals surface area contributed by atoms with Crippen LogP contribution in [0.15, 0.2) is 23.0 Å². The number of rotatable bonds is 4. The number of hydrogen-bond donors (Lipinski definition) is 0. The number of amides is 1. The summed E-state index contributed by atoms with van der Waals surface area (Å²) in [5.41, 5.74) is 2.84. The fourth-order valence-electron chi connectivity index (χ4n) is 3.61. The van der Waals surface area contributed by atoms with Gasteiger partial charge in [-0.05, 0) is 25.0 Å². The normalized spacial score (nSPS) is 25.1. The van der Waals surface area contributed by atoms with Crippen molar-refractivity contribution in [3.8, 4) is 0 Å². The summed E-state index contributed by atoms with van der Waals surface area (Å²) in [4.78, 5) is 22.9. The smallest absolute Gasteiger partial charge is 0.227 e. The van der Waals surface area contributed by atoms with E-state index in [-0.39, 0.29) is 5.92 Å². The van der Waals surface area contributed by atoms with Crippen LogP contribution < -0.4 is 0 Å². The van der Waals surface area contributed by atoms with Gasteiger partial charge < -0.3 is 4.90 Å². The molecular weight excluding hydrogens is 350 g/mol. The molecule has 0 aliphatic carbocycles. The van der Waals surface area contributed by atoms with E-state index in [1.807, 2.05) is 17.0 Å². The molecule has 5 rings (SSSR count). The number of nitrogens with zero attached hydrogens (tertiary/aromatic N) is 3. The van der Waals surface area contributed by atoms with Gasteiger partial charge in [-0.25, -0.2) is 4.98 Å². The van der Waals surface area contributed by atoms with E-state index in [9.17, 15) is 4.79 Å². The molecule has 3 fully saturated rings. The Bertz CT molecular complexity index is 687. The monoisotopic (exact) mass is 367 g/mol. The average Bonchev–Trinajstić information content (AvgIpc) is 3.10. The van der Waals surface area contributed by atoms with E-state index in [1.165, 1.54) is 4.88 Å². The first-order valence-electron chi connectivity index (χ1n) is 7.83. The van der Waals surface area contributed by atoms with E-state index in [1.54, 1.807) is 22.7 Å². The van der Waals surface area contributed by atoms with Crippen LogP contribution in [-0.4, -0.2) is 39.8 Å². The summed E-state index contributed by atoms with van der Waals surface area (Å²) in [6.45, 7) is 3.35. The molecule has 0 saturated carbocycles. The van der Waals surface area contributed by atoms with Gasteiger partial charge in [-0.2, -0.15) is 0 Å². The minimum atomic E-state index is 0.128. The van der Waals surface area contributed by atoms with Gasteiger partial charge in [0.1, 0.15) is 0 Å². The highest BCUT2D eigenvalue weighted by Crippen LogP contribution is 2.32. The molecule has 0 radical (unpaired) electrons. The number of thiophene rings is 1. The molecule has 2 aromatic heterocycles. The van der Waals surface area contributed by atoms with Gasteiger partial charge in [-0.15, -0.1) is 22.7 Å². The number of thiazole rings is 1. The molecule has 2 atom stereocenters. The van der Waals surface area contributed by atoms with Crippen LogP contribution in [0.5, 0.6) is 0 Å². The Morgan fingerprint density at radius 1 is 1.26 bits per heavy atom. The first-order valence-corrected chi connectivity index (χ1v) is 9.97. The molecule has 0 spiro atoms. The fourth-order valence-corrected chi connectivity index (χ4v) is 5.29. The van der Waals surface area contributed by atoms with Gasteiger partial charge in [-0.3, -0.25) is 9.69 Å². The highest BCUT2D eigenvalue weighted by molar-refractivity contribution is 7.16. The molecule has 5 heterocycles. The molecular formula is C16H18ClN3OS2. The first kappa shape index (κ1) is 15.6. The van der Waals surface area contributed by atoms with Gasteiger partial charge in [0.2, 0.25) is 5.91 Å². The van der Waals surface area contributed by atoms with Gasteiger partial charge in [0.25, 0.3) is 0 Å². The van der Waals surface area contributed by atoms with Crippen molar-refractivity contribution >= 4 is 40.2 Å². The topological polar surface area (TPSA) is 36.4 Å². The Morgan fingerprint density at radius 3 is 2.91 bits per heavy atom. The van der Waals surface area contributed by atoms with Gasteiger partial charge in [0.15, 0.2) is 0 Å². The predicted octanol–water partition coefficient (Wildman–Crippen LogP) is 3.48. The maximum absolute atomic E-state index is 12.8. The first-order chi connectivity index (χ1) is 11.2. The lowest BCUT2D eigenvalue weighted by molar-refractivity contribution is -0.140. The summed E-state index contributed by atoms with van der Waals surface area (Å²) in [6.07, 6.45) is 2.11. The number of hydrogen-bond acceptors (Lipinski definition) is 5. The average molecular weight is 368 g/mol. The second-order valence-corrected chi connectivity index (χ2v) is 8.79. The van der Waals surface area contributed by atoms with Crippen molar-refractivity contribution in [3.63, 3.8) is 0 Å². The van der Waals surface area contributed by atoms with Crippen LogP contribution in [0.25, 0.3) is 0 Å². The third kappa shape index (κ3) is 3.31. The summed E-state index contributed by atoms with van der Waals surface area (Å²) in [7, 11) is 0. The molecule has 0 unspecified atom stereocenters. The maximum atomic E-state index is 12.8. The van der Waals surface area contributed by atoms with Crippen LogP contribution >= 0.6 is 34.3 Å². The molecule has 23 heavy (non-hydrogen) atoms. The predicted molar refractivity (Wildman–Crippen MR) is 93.8 cm³/mol. The van der Waals surface area contributed by atoms with Crippen molar-refractivity contribution in [2.45, 2.75) is 32.0 Å².